The zero-order valence-electron chi connectivity index (χ0n) is 18.6. The van der Waals surface area contributed by atoms with Crippen molar-refractivity contribution >= 4 is 17.6 Å². The molecule has 7 nitrogen and oxygen atoms in total. The summed E-state index contributed by atoms with van der Waals surface area (Å²) >= 11 is 0. The second-order valence-electron chi connectivity index (χ2n) is 7.40. The third-order valence-corrected chi connectivity index (χ3v) is 4.99. The van der Waals surface area contributed by atoms with Crippen LogP contribution in [0, 0.1) is 11.6 Å². The number of para-hydroxylation sites is 1. The molecule has 0 unspecified atom stereocenters. The van der Waals surface area contributed by atoms with Crippen molar-refractivity contribution in [1.82, 2.24) is 4.98 Å². The summed E-state index contributed by atoms with van der Waals surface area (Å²) in [6, 6.07) is 16.3. The Morgan fingerprint density at radius 3 is 2.54 bits per heavy atom. The molecule has 1 N–H and O–H groups in total. The van der Waals surface area contributed by atoms with Crippen molar-refractivity contribution in [3.8, 4) is 22.8 Å². The molecule has 0 fully saturated rings. The molecule has 0 saturated heterocycles. The zero-order chi connectivity index (χ0) is 24.8. The van der Waals surface area contributed by atoms with Gasteiger partial charge in [-0.15, -0.1) is 0 Å². The Bertz CT molecular complexity index is 1350. The maximum Gasteiger partial charge on any atom is 0.311 e. The summed E-state index contributed by atoms with van der Waals surface area (Å²) in [6.07, 6.45) is 1.42. The fraction of sp³-hybridized carbons (Fsp3) is 0.115. The fourth-order valence-corrected chi connectivity index (χ4v) is 3.27. The molecule has 4 rings (SSSR count). The maximum absolute atomic E-state index is 13.9. The van der Waals surface area contributed by atoms with Gasteiger partial charge in [0.2, 0.25) is 0 Å². The molecule has 9 heteroatoms. The normalized spacial score (nSPS) is 10.6. The van der Waals surface area contributed by atoms with E-state index in [4.69, 9.17) is 13.9 Å². The van der Waals surface area contributed by atoms with E-state index in [1.54, 1.807) is 48.5 Å². The van der Waals surface area contributed by atoms with E-state index in [9.17, 15) is 18.4 Å². The second-order valence-corrected chi connectivity index (χ2v) is 7.40. The quantitative estimate of drug-likeness (QED) is 0.269. The van der Waals surface area contributed by atoms with E-state index in [0.717, 1.165) is 12.1 Å². The lowest BCUT2D eigenvalue weighted by Crippen LogP contribution is -2.13. The average molecular weight is 478 g/mol. The van der Waals surface area contributed by atoms with Gasteiger partial charge in [0.15, 0.2) is 11.7 Å². The largest absolute Gasteiger partial charge is 0.496 e. The van der Waals surface area contributed by atoms with Gasteiger partial charge in [0.25, 0.3) is 5.91 Å². The molecular weight excluding hydrogens is 458 g/mol. The van der Waals surface area contributed by atoms with Crippen molar-refractivity contribution < 1.29 is 32.3 Å². The van der Waals surface area contributed by atoms with Crippen LogP contribution in [0.2, 0.25) is 0 Å². The molecule has 0 aliphatic rings. The van der Waals surface area contributed by atoms with Crippen molar-refractivity contribution in [2.45, 2.75) is 12.8 Å². The minimum atomic E-state index is -0.769. The Morgan fingerprint density at radius 2 is 1.80 bits per heavy atom. The first-order chi connectivity index (χ1) is 16.9. The Hall–Kier alpha value is -4.53. The van der Waals surface area contributed by atoms with Crippen LogP contribution in [0.15, 0.2) is 77.3 Å². The molecule has 0 aliphatic heterocycles. The van der Waals surface area contributed by atoms with Gasteiger partial charge in [-0.05, 0) is 48.5 Å². The highest BCUT2D eigenvalue weighted by atomic mass is 19.1. The van der Waals surface area contributed by atoms with Crippen LogP contribution in [0.5, 0.6) is 11.5 Å². The highest BCUT2D eigenvalue weighted by Gasteiger charge is 2.15. The number of methoxy groups -OCH3 is 1. The van der Waals surface area contributed by atoms with Crippen LogP contribution in [0.1, 0.15) is 22.7 Å². The number of esters is 1. The summed E-state index contributed by atoms with van der Waals surface area (Å²) in [5.74, 6) is -1.22. The number of rotatable bonds is 8. The predicted molar refractivity (Wildman–Crippen MR) is 123 cm³/mol. The van der Waals surface area contributed by atoms with Gasteiger partial charge in [0.1, 0.15) is 23.1 Å². The number of ether oxygens (including phenoxy) is 2. The number of amides is 1. The number of nitrogens with one attached hydrogen (secondary N) is 1. The molecule has 0 bridgehead atoms. The van der Waals surface area contributed by atoms with Crippen LogP contribution in [0.4, 0.5) is 14.5 Å². The Kier molecular flexibility index (Phi) is 7.15. The monoisotopic (exact) mass is 478 g/mol. The molecule has 0 spiro atoms. The number of halogens is 2. The van der Waals surface area contributed by atoms with Gasteiger partial charge in [0.05, 0.1) is 30.9 Å². The average Bonchev–Trinajstić information content (AvgIpc) is 3.32. The summed E-state index contributed by atoms with van der Waals surface area (Å²) < 4.78 is 42.9. The first-order valence-corrected chi connectivity index (χ1v) is 10.6. The standard InChI is InChI=1S/C26H20F2N2O5/c1-33-22-5-3-2-4-20(22)26(32)30-17-7-9-18(10-8-17)34-25(31)13-12-24-29-15-23(35-24)19-11-6-16(27)14-21(19)28/h2-11,14-15H,12-13H2,1H3,(H,30,32). The summed E-state index contributed by atoms with van der Waals surface area (Å²) in [4.78, 5) is 28.7. The Balaban J connectivity index is 1.30. The van der Waals surface area contributed by atoms with Crippen LogP contribution in [0.3, 0.4) is 0 Å². The smallest absolute Gasteiger partial charge is 0.311 e. The highest BCUT2D eigenvalue weighted by Crippen LogP contribution is 2.25. The number of oxazole rings is 1. The number of benzene rings is 3. The minimum Gasteiger partial charge on any atom is -0.496 e. The number of nitrogens with zero attached hydrogens (tertiary/aromatic N) is 1. The Morgan fingerprint density at radius 1 is 1.03 bits per heavy atom. The molecule has 1 aromatic heterocycles. The van der Waals surface area contributed by atoms with Crippen LogP contribution >= 0.6 is 0 Å². The molecular formula is C26H20F2N2O5. The van der Waals surface area contributed by atoms with E-state index in [1.807, 2.05) is 0 Å². The minimum absolute atomic E-state index is 0.0296. The molecule has 4 aromatic rings. The fourth-order valence-electron chi connectivity index (χ4n) is 3.27. The van der Waals surface area contributed by atoms with E-state index >= 15 is 0 Å². The first-order valence-electron chi connectivity index (χ1n) is 10.6. The molecule has 0 saturated carbocycles. The lowest BCUT2D eigenvalue weighted by Gasteiger charge is -2.10. The number of aromatic nitrogens is 1. The van der Waals surface area contributed by atoms with Gasteiger partial charge in [-0.1, -0.05) is 12.1 Å². The van der Waals surface area contributed by atoms with Crippen molar-refractivity contribution in [3.05, 3.63) is 96.0 Å². The zero-order valence-corrected chi connectivity index (χ0v) is 18.6. The van der Waals surface area contributed by atoms with Crippen LogP contribution < -0.4 is 14.8 Å². The molecule has 0 aliphatic carbocycles. The molecule has 3 aromatic carbocycles. The van der Waals surface area contributed by atoms with Crippen LogP contribution in [-0.2, 0) is 11.2 Å². The van der Waals surface area contributed by atoms with E-state index in [0.29, 0.717) is 22.7 Å². The van der Waals surface area contributed by atoms with E-state index < -0.39 is 17.6 Å². The van der Waals surface area contributed by atoms with E-state index in [1.165, 1.54) is 19.4 Å². The lowest BCUT2D eigenvalue weighted by molar-refractivity contribution is -0.134. The van der Waals surface area contributed by atoms with Crippen molar-refractivity contribution in [1.29, 1.82) is 0 Å². The number of carbonyl (C=O) groups is 2. The second kappa shape index (κ2) is 10.6. The SMILES string of the molecule is COc1ccccc1C(=O)Nc1ccc(OC(=O)CCc2ncc(-c3ccc(F)cc3F)o2)cc1. The topological polar surface area (TPSA) is 90.7 Å². The molecule has 1 amide bonds. The van der Waals surface area contributed by atoms with E-state index in [-0.39, 0.29) is 36.0 Å². The van der Waals surface area contributed by atoms with Gasteiger partial charge in [-0.3, -0.25) is 9.59 Å². The van der Waals surface area contributed by atoms with Crippen LogP contribution in [-0.4, -0.2) is 24.0 Å². The summed E-state index contributed by atoms with van der Waals surface area (Å²) in [7, 11) is 1.49. The number of hydrogen-bond donors (Lipinski definition) is 1. The van der Waals surface area contributed by atoms with E-state index in [2.05, 4.69) is 10.3 Å². The molecule has 35 heavy (non-hydrogen) atoms. The first kappa shape index (κ1) is 23.6. The van der Waals surface area contributed by atoms with Crippen molar-refractivity contribution in [2.75, 3.05) is 12.4 Å². The van der Waals surface area contributed by atoms with Gasteiger partial charge < -0.3 is 19.2 Å². The van der Waals surface area contributed by atoms with Crippen molar-refractivity contribution in [3.63, 3.8) is 0 Å². The van der Waals surface area contributed by atoms with Gasteiger partial charge in [0, 0.05) is 18.2 Å². The third-order valence-electron chi connectivity index (χ3n) is 4.99. The van der Waals surface area contributed by atoms with Gasteiger partial charge in [-0.25, -0.2) is 13.8 Å². The predicted octanol–water partition coefficient (Wildman–Crippen LogP) is 5.42. The molecule has 1 heterocycles. The number of anilines is 1. The Labute approximate surface area is 199 Å². The molecule has 178 valence electrons. The number of hydrogen-bond acceptors (Lipinski definition) is 6. The summed E-state index contributed by atoms with van der Waals surface area (Å²) in [6.45, 7) is 0. The van der Waals surface area contributed by atoms with Gasteiger partial charge in [-0.2, -0.15) is 0 Å². The maximum atomic E-state index is 13.9. The van der Waals surface area contributed by atoms with Crippen LogP contribution in [0.25, 0.3) is 11.3 Å². The van der Waals surface area contributed by atoms with Gasteiger partial charge >= 0.3 is 5.97 Å². The molecule has 0 atom stereocenters. The highest BCUT2D eigenvalue weighted by molar-refractivity contribution is 6.06. The lowest BCUT2D eigenvalue weighted by atomic mass is 10.2. The number of aryl methyl sites for hydroxylation is 1. The molecule has 0 radical (unpaired) electrons. The summed E-state index contributed by atoms with van der Waals surface area (Å²) in [5, 5.41) is 2.76. The van der Waals surface area contributed by atoms with Crippen molar-refractivity contribution in [2.24, 2.45) is 0 Å². The third kappa shape index (κ3) is 5.89. The summed E-state index contributed by atoms with van der Waals surface area (Å²) in [5.41, 5.74) is 0.981. The number of carbonyl (C=O) groups excluding carboxylic acids is 2.